The van der Waals surface area contributed by atoms with Gasteiger partial charge in [-0.2, -0.15) is 0 Å². The first-order valence-corrected chi connectivity index (χ1v) is 8.90. The molecule has 0 fully saturated rings. The second kappa shape index (κ2) is 7.22. The van der Waals surface area contributed by atoms with E-state index in [0.717, 1.165) is 39.8 Å². The van der Waals surface area contributed by atoms with Gasteiger partial charge in [0.25, 0.3) is 0 Å². The lowest BCUT2D eigenvalue weighted by atomic mass is 10.1. The van der Waals surface area contributed by atoms with Crippen LogP contribution in [0.5, 0.6) is 5.75 Å². The first kappa shape index (κ1) is 16.7. The van der Waals surface area contributed by atoms with Crippen LogP contribution in [0.3, 0.4) is 0 Å². The monoisotopic (exact) mass is 362 g/mol. The van der Waals surface area contributed by atoms with Crippen molar-refractivity contribution >= 4 is 23.0 Å². The molecule has 0 aliphatic carbocycles. The van der Waals surface area contributed by atoms with Crippen LogP contribution in [-0.4, -0.2) is 19.4 Å². The van der Waals surface area contributed by atoms with Crippen LogP contribution >= 0.6 is 11.6 Å². The van der Waals surface area contributed by atoms with E-state index in [0.29, 0.717) is 0 Å². The number of ether oxygens (including phenoxy) is 1. The van der Waals surface area contributed by atoms with Crippen molar-refractivity contribution < 1.29 is 4.74 Å². The fraction of sp³-hybridized carbons (Fsp3) is 0.136. The van der Waals surface area contributed by atoms with Crippen molar-refractivity contribution in [2.45, 2.75) is 6.17 Å². The number of benzene rings is 3. The topological polar surface area (TPSA) is 24.8 Å². The van der Waals surface area contributed by atoms with Crippen molar-refractivity contribution in [2.24, 2.45) is 4.99 Å². The summed E-state index contributed by atoms with van der Waals surface area (Å²) in [6, 6.07) is 26.4. The number of hydrogen-bond acceptors (Lipinski definition) is 3. The predicted octanol–water partition coefficient (Wildman–Crippen LogP) is 5.36. The molecule has 130 valence electrons. The molecule has 3 aromatic rings. The smallest absolute Gasteiger partial charge is 0.147 e. The van der Waals surface area contributed by atoms with E-state index in [1.165, 1.54) is 0 Å². The molecule has 0 N–H and O–H groups in total. The minimum Gasteiger partial charge on any atom is -0.497 e. The highest BCUT2D eigenvalue weighted by Crippen LogP contribution is 2.34. The van der Waals surface area contributed by atoms with Gasteiger partial charge in [0, 0.05) is 10.7 Å². The zero-order valence-electron chi connectivity index (χ0n) is 14.5. The fourth-order valence-corrected chi connectivity index (χ4v) is 3.32. The normalized spacial score (nSPS) is 16.5. The number of anilines is 1. The van der Waals surface area contributed by atoms with Crippen LogP contribution in [0, 0.1) is 0 Å². The summed E-state index contributed by atoms with van der Waals surface area (Å²) in [5, 5.41) is 0.731. The van der Waals surface area contributed by atoms with Gasteiger partial charge in [-0.15, -0.1) is 0 Å². The quantitative estimate of drug-likeness (QED) is 0.624. The van der Waals surface area contributed by atoms with E-state index < -0.39 is 0 Å². The van der Waals surface area contributed by atoms with Gasteiger partial charge in [0.2, 0.25) is 0 Å². The molecule has 1 heterocycles. The zero-order chi connectivity index (χ0) is 17.9. The molecule has 0 bridgehead atoms. The number of nitrogens with zero attached hydrogens (tertiary/aromatic N) is 2. The van der Waals surface area contributed by atoms with Gasteiger partial charge in [-0.3, -0.25) is 4.99 Å². The molecule has 1 aliphatic rings. The van der Waals surface area contributed by atoms with Crippen molar-refractivity contribution in [1.29, 1.82) is 0 Å². The Morgan fingerprint density at radius 3 is 2.27 bits per heavy atom. The lowest BCUT2D eigenvalue weighted by Gasteiger charge is -2.26. The highest BCUT2D eigenvalue weighted by atomic mass is 35.5. The van der Waals surface area contributed by atoms with Crippen LogP contribution in [0.4, 0.5) is 5.69 Å². The van der Waals surface area contributed by atoms with Crippen molar-refractivity contribution in [3.05, 3.63) is 95.0 Å². The maximum Gasteiger partial charge on any atom is 0.147 e. The Morgan fingerprint density at radius 2 is 1.62 bits per heavy atom. The van der Waals surface area contributed by atoms with Gasteiger partial charge in [0.15, 0.2) is 0 Å². The summed E-state index contributed by atoms with van der Waals surface area (Å²) >= 11 is 6.07. The minimum absolute atomic E-state index is 0.0733. The van der Waals surface area contributed by atoms with E-state index in [1.807, 2.05) is 54.6 Å². The molecule has 26 heavy (non-hydrogen) atoms. The van der Waals surface area contributed by atoms with Gasteiger partial charge < -0.3 is 9.64 Å². The molecule has 3 nitrogen and oxygen atoms in total. The molecule has 4 rings (SSSR count). The molecule has 0 amide bonds. The van der Waals surface area contributed by atoms with E-state index in [9.17, 15) is 0 Å². The van der Waals surface area contributed by atoms with E-state index in [-0.39, 0.29) is 6.17 Å². The predicted molar refractivity (Wildman–Crippen MR) is 108 cm³/mol. The molecule has 0 radical (unpaired) electrons. The zero-order valence-corrected chi connectivity index (χ0v) is 15.2. The largest absolute Gasteiger partial charge is 0.497 e. The lowest BCUT2D eigenvalue weighted by Crippen LogP contribution is -2.25. The van der Waals surface area contributed by atoms with E-state index >= 15 is 0 Å². The van der Waals surface area contributed by atoms with Gasteiger partial charge in [-0.1, -0.05) is 54.1 Å². The standard InChI is InChI=1S/C22H19ClN2O/c1-26-20-13-11-19(12-14-20)25-15-21(16-5-3-2-4-6-16)24-22(25)17-7-9-18(23)10-8-17/h2-14,22H,15H2,1H3. The second-order valence-corrected chi connectivity index (χ2v) is 6.63. The molecule has 1 atom stereocenters. The SMILES string of the molecule is COc1ccc(N2CC(c3ccccc3)=NC2c2ccc(Cl)cc2)cc1. The average Bonchev–Trinajstić information content (AvgIpc) is 3.15. The minimum atomic E-state index is -0.0733. The van der Waals surface area contributed by atoms with Crippen molar-refractivity contribution in [3.8, 4) is 5.75 Å². The summed E-state index contributed by atoms with van der Waals surface area (Å²) in [7, 11) is 1.68. The van der Waals surface area contributed by atoms with Crippen molar-refractivity contribution in [2.75, 3.05) is 18.6 Å². The van der Waals surface area contributed by atoms with Crippen molar-refractivity contribution in [3.63, 3.8) is 0 Å². The number of methoxy groups -OCH3 is 1. The molecular weight excluding hydrogens is 344 g/mol. The highest BCUT2D eigenvalue weighted by Gasteiger charge is 2.28. The average molecular weight is 363 g/mol. The number of rotatable bonds is 4. The Morgan fingerprint density at radius 1 is 0.923 bits per heavy atom. The summed E-state index contributed by atoms with van der Waals surface area (Å²) in [5.41, 5.74) is 4.47. The van der Waals surface area contributed by atoms with Crippen molar-refractivity contribution in [1.82, 2.24) is 0 Å². The number of halogens is 1. The molecule has 3 aromatic carbocycles. The third-order valence-corrected chi connectivity index (χ3v) is 4.82. The first-order valence-electron chi connectivity index (χ1n) is 8.53. The Balaban J connectivity index is 1.72. The third kappa shape index (κ3) is 3.31. The Kier molecular flexibility index (Phi) is 4.63. The lowest BCUT2D eigenvalue weighted by molar-refractivity contribution is 0.415. The van der Waals surface area contributed by atoms with Crippen LogP contribution in [-0.2, 0) is 0 Å². The number of hydrogen-bond donors (Lipinski definition) is 0. The molecule has 4 heteroatoms. The molecular formula is C22H19ClN2O. The van der Waals surface area contributed by atoms with E-state index in [1.54, 1.807) is 7.11 Å². The summed E-state index contributed by atoms with van der Waals surface area (Å²) in [4.78, 5) is 7.32. The maximum atomic E-state index is 6.07. The Labute approximate surface area is 158 Å². The number of aliphatic imine (C=N–C) groups is 1. The highest BCUT2D eigenvalue weighted by molar-refractivity contribution is 6.30. The Hall–Kier alpha value is -2.78. The third-order valence-electron chi connectivity index (χ3n) is 4.57. The Bertz CT molecular complexity index is 905. The molecule has 0 saturated carbocycles. The summed E-state index contributed by atoms with van der Waals surface area (Å²) in [6.45, 7) is 0.754. The summed E-state index contributed by atoms with van der Waals surface area (Å²) in [6.07, 6.45) is -0.0733. The van der Waals surface area contributed by atoms with Gasteiger partial charge in [-0.05, 0) is 47.5 Å². The van der Waals surface area contributed by atoms with E-state index in [4.69, 9.17) is 21.3 Å². The molecule has 0 aromatic heterocycles. The molecule has 0 saturated heterocycles. The molecule has 0 spiro atoms. The van der Waals surface area contributed by atoms with Crippen LogP contribution in [0.1, 0.15) is 17.3 Å². The fourth-order valence-electron chi connectivity index (χ4n) is 3.20. The van der Waals surface area contributed by atoms with Gasteiger partial charge in [0.1, 0.15) is 11.9 Å². The van der Waals surface area contributed by atoms with Crippen LogP contribution in [0.15, 0.2) is 83.9 Å². The van der Waals surface area contributed by atoms with Crippen LogP contribution in [0.2, 0.25) is 5.02 Å². The van der Waals surface area contributed by atoms with Crippen LogP contribution in [0.25, 0.3) is 0 Å². The van der Waals surface area contributed by atoms with Gasteiger partial charge >= 0.3 is 0 Å². The molecule has 1 aliphatic heterocycles. The summed E-state index contributed by atoms with van der Waals surface area (Å²) in [5.74, 6) is 0.847. The van der Waals surface area contributed by atoms with Gasteiger partial charge in [0.05, 0.1) is 19.4 Å². The second-order valence-electron chi connectivity index (χ2n) is 6.19. The first-order chi connectivity index (χ1) is 12.7. The van der Waals surface area contributed by atoms with Crippen LogP contribution < -0.4 is 9.64 Å². The van der Waals surface area contributed by atoms with E-state index in [2.05, 4.69) is 29.2 Å². The summed E-state index contributed by atoms with van der Waals surface area (Å²) < 4.78 is 5.29. The maximum absolute atomic E-state index is 6.07. The molecule has 1 unspecified atom stereocenters. The van der Waals surface area contributed by atoms with Gasteiger partial charge in [-0.25, -0.2) is 0 Å².